The van der Waals surface area contributed by atoms with E-state index >= 15 is 0 Å². The van der Waals surface area contributed by atoms with Crippen LogP contribution in [-0.4, -0.2) is 76.3 Å². The van der Waals surface area contributed by atoms with Crippen molar-refractivity contribution in [2.75, 3.05) is 19.0 Å². The summed E-state index contributed by atoms with van der Waals surface area (Å²) < 4.78 is 17.8. The number of likely N-dealkylation sites (N-methyl/N-ethyl adjacent to an activating group) is 1. The van der Waals surface area contributed by atoms with Gasteiger partial charge in [-0.25, -0.2) is 9.97 Å². The number of nitrogens with two attached hydrogens (primary N) is 1. The second kappa shape index (κ2) is 15.8. The fourth-order valence-electron chi connectivity index (χ4n) is 4.24. The minimum absolute atomic E-state index is 0. The number of primary amides is 1. The van der Waals surface area contributed by atoms with Crippen LogP contribution in [0.15, 0.2) is 12.5 Å². The summed E-state index contributed by atoms with van der Waals surface area (Å²) in [6.07, 6.45) is -2.33. The van der Waals surface area contributed by atoms with Crippen molar-refractivity contribution in [3.63, 3.8) is 0 Å². The molecule has 1 saturated heterocycles. The molecule has 1 aliphatic rings. The number of nitrogens with zero attached hydrogens (tertiary/aromatic N) is 3. The van der Waals surface area contributed by atoms with E-state index < -0.39 is 60.9 Å². The number of rotatable bonds is 9. The van der Waals surface area contributed by atoms with Crippen molar-refractivity contribution >= 4 is 40.6 Å². The molecule has 3 rings (SSSR count). The summed E-state index contributed by atoms with van der Waals surface area (Å²) in [6.45, 7) is 9.22. The van der Waals surface area contributed by atoms with Gasteiger partial charge in [0, 0.05) is 20.0 Å². The van der Waals surface area contributed by atoms with Crippen molar-refractivity contribution in [1.82, 2.24) is 19.9 Å². The topological polar surface area (TPSA) is 200 Å². The number of ether oxygens (including phenoxy) is 3. The zero-order valence-corrected chi connectivity index (χ0v) is 28.4. The smallest absolute Gasteiger partial charge is 0.853 e. The number of hydrogen-bond donors (Lipinski definition) is 3. The molecule has 1 fully saturated rings. The second-order valence-corrected chi connectivity index (χ2v) is 8.61. The SMILES string of the molecule is CC.CNC(C(=O)Nc1ncnc2c1c(C(N)=O)cn2C1OC(C[O-])C(OC(C)=O)C1OC(C)=O)C(C)C.[Rb+]. The Hall–Kier alpha value is -1.81. The van der Waals surface area contributed by atoms with Crippen LogP contribution in [0.3, 0.4) is 0 Å². The molecule has 210 valence electrons. The maximum Gasteiger partial charge on any atom is 1.00 e. The van der Waals surface area contributed by atoms with Gasteiger partial charge in [-0.05, 0) is 13.0 Å². The van der Waals surface area contributed by atoms with E-state index in [-0.39, 0.29) is 86.5 Å². The number of hydrogen-bond acceptors (Lipinski definition) is 11. The summed E-state index contributed by atoms with van der Waals surface area (Å²) >= 11 is 0. The van der Waals surface area contributed by atoms with E-state index in [2.05, 4.69) is 20.6 Å². The first kappa shape index (κ1) is 35.2. The molecule has 2 aromatic heterocycles. The summed E-state index contributed by atoms with van der Waals surface area (Å²) in [6, 6.07) is -0.553. The van der Waals surface area contributed by atoms with Crippen LogP contribution >= 0.6 is 0 Å². The average Bonchev–Trinajstić information content (AvgIpc) is 3.39. The molecule has 0 aliphatic carbocycles. The first-order chi connectivity index (χ1) is 18.0. The summed E-state index contributed by atoms with van der Waals surface area (Å²) in [5.74, 6) is -2.68. The molecule has 0 bridgehead atoms. The van der Waals surface area contributed by atoms with Crippen molar-refractivity contribution in [1.29, 1.82) is 0 Å². The number of amides is 2. The minimum Gasteiger partial charge on any atom is -0.853 e. The van der Waals surface area contributed by atoms with Gasteiger partial charge in [0.15, 0.2) is 18.4 Å². The minimum atomic E-state index is -1.23. The molecule has 5 unspecified atom stereocenters. The molecular formula is C24H35N6O8Rb. The van der Waals surface area contributed by atoms with Gasteiger partial charge < -0.3 is 40.3 Å². The molecule has 2 amide bonds. The zero-order chi connectivity index (χ0) is 28.7. The van der Waals surface area contributed by atoms with Gasteiger partial charge in [0.05, 0.1) is 23.1 Å². The van der Waals surface area contributed by atoms with Crippen LogP contribution in [0.4, 0.5) is 5.82 Å². The molecule has 5 atom stereocenters. The van der Waals surface area contributed by atoms with Crippen molar-refractivity contribution in [2.24, 2.45) is 11.7 Å². The second-order valence-electron chi connectivity index (χ2n) is 8.61. The molecule has 15 heteroatoms. The number of nitrogens with one attached hydrogen (secondary N) is 2. The van der Waals surface area contributed by atoms with Crippen molar-refractivity contribution in [2.45, 2.75) is 72.1 Å². The predicted molar refractivity (Wildman–Crippen MR) is 134 cm³/mol. The molecule has 0 aromatic carbocycles. The van der Waals surface area contributed by atoms with Gasteiger partial charge in [0.1, 0.15) is 17.8 Å². The third-order valence-electron chi connectivity index (χ3n) is 5.70. The van der Waals surface area contributed by atoms with Crippen LogP contribution in [0, 0.1) is 5.92 Å². The van der Waals surface area contributed by atoms with Gasteiger partial charge in [-0.1, -0.05) is 27.7 Å². The molecule has 14 nitrogen and oxygen atoms in total. The average molecular weight is 621 g/mol. The fraction of sp³-hybridized carbons (Fsp3) is 0.583. The van der Waals surface area contributed by atoms with E-state index in [1.54, 1.807) is 7.05 Å². The molecule has 3 heterocycles. The number of fused-ring (bicyclic) bond motifs is 1. The molecule has 4 N–H and O–H groups in total. The molecule has 0 saturated carbocycles. The summed E-state index contributed by atoms with van der Waals surface area (Å²) in [4.78, 5) is 57.0. The predicted octanol–water partition coefficient (Wildman–Crippen LogP) is -3.14. The van der Waals surface area contributed by atoms with E-state index in [9.17, 15) is 24.3 Å². The third kappa shape index (κ3) is 8.12. The maximum atomic E-state index is 12.9. The van der Waals surface area contributed by atoms with Gasteiger partial charge in [-0.3, -0.25) is 19.2 Å². The Morgan fingerprint density at radius 2 is 1.72 bits per heavy atom. The quantitative estimate of drug-likeness (QED) is 0.239. The van der Waals surface area contributed by atoms with E-state index in [1.165, 1.54) is 10.8 Å². The molecule has 0 spiro atoms. The standard InChI is InChI=1S/C22H29N6O8.C2H6.Rb/c1-9(2)15(24-5)21(33)27-19-14-12(18(23)32)6-28(20(14)26-8-25-19)22-17(35-11(4)31)16(34-10(3)30)13(7-29)36-22;1-2;/h6,8-9,13,15-17,22,24H,7H2,1-5H3,(H2,23,32)(H,25,26,27,33);1-2H3;/q-1;;+1. The zero-order valence-electron chi connectivity index (χ0n) is 23.5. The van der Waals surface area contributed by atoms with E-state index in [0.29, 0.717) is 0 Å². The number of carbonyl (C=O) groups is 4. The van der Waals surface area contributed by atoms with Crippen LogP contribution in [0.5, 0.6) is 0 Å². The van der Waals surface area contributed by atoms with Crippen LogP contribution in [-0.2, 0) is 28.6 Å². The Morgan fingerprint density at radius 1 is 1.13 bits per heavy atom. The van der Waals surface area contributed by atoms with Gasteiger partial charge in [-0.15, -0.1) is 6.61 Å². The van der Waals surface area contributed by atoms with Crippen molar-refractivity contribution < 1.29 is 96.7 Å². The van der Waals surface area contributed by atoms with Crippen LogP contribution in [0.25, 0.3) is 11.0 Å². The van der Waals surface area contributed by atoms with E-state index in [4.69, 9.17) is 19.9 Å². The van der Waals surface area contributed by atoms with Crippen molar-refractivity contribution in [3.05, 3.63) is 18.1 Å². The normalized spacial score (nSPS) is 20.8. The van der Waals surface area contributed by atoms with Gasteiger partial charge >= 0.3 is 70.1 Å². The Bertz CT molecular complexity index is 1170. The van der Waals surface area contributed by atoms with Crippen molar-refractivity contribution in [3.8, 4) is 0 Å². The molecule has 2 aromatic rings. The Morgan fingerprint density at radius 3 is 2.21 bits per heavy atom. The van der Waals surface area contributed by atoms with Gasteiger partial charge in [-0.2, -0.15) is 0 Å². The molecular weight excluding hydrogens is 586 g/mol. The Kier molecular flexibility index (Phi) is 14.3. The van der Waals surface area contributed by atoms with E-state index in [0.717, 1.165) is 20.2 Å². The maximum absolute atomic E-state index is 12.9. The Balaban J connectivity index is 0.00000248. The van der Waals surface area contributed by atoms with Crippen LogP contribution in [0.2, 0.25) is 0 Å². The fourth-order valence-corrected chi connectivity index (χ4v) is 4.24. The summed E-state index contributed by atoms with van der Waals surface area (Å²) in [7, 11) is 1.64. The summed E-state index contributed by atoms with van der Waals surface area (Å²) in [5.41, 5.74) is 5.67. The number of carbonyl (C=O) groups excluding carboxylic acids is 4. The molecule has 39 heavy (non-hydrogen) atoms. The summed E-state index contributed by atoms with van der Waals surface area (Å²) in [5, 5.41) is 17.6. The van der Waals surface area contributed by atoms with Crippen LogP contribution < -0.4 is 79.7 Å². The third-order valence-corrected chi connectivity index (χ3v) is 5.70. The molecule has 0 radical (unpaired) electrons. The van der Waals surface area contributed by atoms with Gasteiger partial charge in [0.25, 0.3) is 5.91 Å². The number of anilines is 1. The van der Waals surface area contributed by atoms with E-state index in [1.807, 2.05) is 27.7 Å². The molecule has 1 aliphatic heterocycles. The van der Waals surface area contributed by atoms with Crippen LogP contribution in [0.1, 0.15) is 58.1 Å². The first-order valence-corrected chi connectivity index (χ1v) is 12.2. The van der Waals surface area contributed by atoms with Gasteiger partial charge in [0.2, 0.25) is 5.91 Å². The number of esters is 2. The monoisotopic (exact) mass is 620 g/mol. The number of aromatic nitrogens is 3. The largest absolute Gasteiger partial charge is 1.00 e. The first-order valence-electron chi connectivity index (χ1n) is 12.2. The Labute approximate surface area is 275 Å².